The quantitative estimate of drug-likeness (QED) is 0.342. The number of imidazole rings is 1. The number of hydrogen-bond acceptors (Lipinski definition) is 5. The van der Waals surface area contributed by atoms with Crippen molar-refractivity contribution >= 4 is 28.3 Å². The second-order valence-electron chi connectivity index (χ2n) is 8.46. The molecule has 0 bridgehead atoms. The number of ether oxygens (including phenoxy) is 1. The summed E-state index contributed by atoms with van der Waals surface area (Å²) in [4.78, 5) is 30.5. The molecule has 7 nitrogen and oxygen atoms in total. The number of carbonyl (C=O) groups is 1. The standard InChI is InChI=1S/C28H25N3O4/c1-17-8-7-15-31-26(17)30-25(19-9-5-4-6-10-19)27(31)29-24(32)14-13-22-18(2)21-12-11-20(34-3)16-23(21)35-28(22)33/h4-12,15-16H,13-14H2,1-3H3,(H,29,32). The van der Waals surface area contributed by atoms with Crippen LogP contribution < -0.4 is 15.7 Å². The van der Waals surface area contributed by atoms with E-state index in [4.69, 9.17) is 14.1 Å². The summed E-state index contributed by atoms with van der Waals surface area (Å²) in [5.74, 6) is 1.01. The number of pyridine rings is 1. The predicted molar refractivity (Wildman–Crippen MR) is 136 cm³/mol. The molecule has 0 aliphatic heterocycles. The summed E-state index contributed by atoms with van der Waals surface area (Å²) >= 11 is 0. The van der Waals surface area contributed by atoms with E-state index in [1.54, 1.807) is 13.2 Å². The number of nitrogens with zero attached hydrogens (tertiary/aromatic N) is 2. The topological polar surface area (TPSA) is 85.8 Å². The van der Waals surface area contributed by atoms with Gasteiger partial charge in [-0.15, -0.1) is 0 Å². The molecule has 5 aromatic rings. The third-order valence-electron chi connectivity index (χ3n) is 6.25. The number of benzene rings is 2. The molecule has 0 spiro atoms. The van der Waals surface area contributed by atoms with Gasteiger partial charge >= 0.3 is 5.63 Å². The SMILES string of the molecule is COc1ccc2c(C)c(CCC(=O)Nc3c(-c4ccccc4)nc4c(C)cccn34)c(=O)oc2c1. The van der Waals surface area contributed by atoms with Crippen molar-refractivity contribution in [3.05, 3.63) is 94.0 Å². The number of methoxy groups -OCH3 is 1. The van der Waals surface area contributed by atoms with E-state index in [1.807, 2.05) is 79.0 Å². The van der Waals surface area contributed by atoms with E-state index < -0.39 is 5.63 Å². The van der Waals surface area contributed by atoms with E-state index in [0.29, 0.717) is 28.4 Å². The summed E-state index contributed by atoms with van der Waals surface area (Å²) in [7, 11) is 1.56. The summed E-state index contributed by atoms with van der Waals surface area (Å²) in [5, 5.41) is 3.86. The maximum absolute atomic E-state index is 13.1. The molecule has 0 radical (unpaired) electrons. The summed E-state index contributed by atoms with van der Waals surface area (Å²) in [6.45, 7) is 3.86. The number of carbonyl (C=O) groups excluding carboxylic acids is 1. The first-order chi connectivity index (χ1) is 17.0. The summed E-state index contributed by atoms with van der Waals surface area (Å²) in [6.07, 6.45) is 2.27. The van der Waals surface area contributed by atoms with Gasteiger partial charge in [-0.05, 0) is 49.6 Å². The van der Waals surface area contributed by atoms with Crippen molar-refractivity contribution in [3.8, 4) is 17.0 Å². The molecule has 0 aliphatic rings. The van der Waals surface area contributed by atoms with Crippen LogP contribution in [0.15, 0.2) is 76.1 Å². The molecule has 0 aliphatic carbocycles. The first-order valence-electron chi connectivity index (χ1n) is 11.4. The van der Waals surface area contributed by atoms with Gasteiger partial charge in [0.2, 0.25) is 5.91 Å². The third-order valence-corrected chi connectivity index (χ3v) is 6.25. The smallest absolute Gasteiger partial charge is 0.339 e. The second-order valence-corrected chi connectivity index (χ2v) is 8.46. The molecule has 1 N–H and O–H groups in total. The molecule has 3 aromatic heterocycles. The number of nitrogens with one attached hydrogen (secondary N) is 1. The molecular weight excluding hydrogens is 442 g/mol. The normalized spacial score (nSPS) is 11.2. The number of aryl methyl sites for hydroxylation is 2. The van der Waals surface area contributed by atoms with Gasteiger partial charge in [-0.1, -0.05) is 36.4 Å². The minimum Gasteiger partial charge on any atom is -0.497 e. The summed E-state index contributed by atoms with van der Waals surface area (Å²) in [6, 6.07) is 19.0. The zero-order valence-electron chi connectivity index (χ0n) is 19.8. The van der Waals surface area contributed by atoms with E-state index in [1.165, 1.54) is 0 Å². The van der Waals surface area contributed by atoms with E-state index in [2.05, 4.69) is 5.32 Å². The van der Waals surface area contributed by atoms with Gasteiger partial charge in [-0.25, -0.2) is 9.78 Å². The van der Waals surface area contributed by atoms with Gasteiger partial charge in [-0.3, -0.25) is 9.20 Å². The molecule has 0 saturated carbocycles. The van der Waals surface area contributed by atoms with Crippen LogP contribution in [0.2, 0.25) is 0 Å². The van der Waals surface area contributed by atoms with Gasteiger partial charge in [0.25, 0.3) is 0 Å². The van der Waals surface area contributed by atoms with Gasteiger partial charge in [0.05, 0.1) is 7.11 Å². The van der Waals surface area contributed by atoms with Gasteiger partial charge in [-0.2, -0.15) is 0 Å². The Morgan fingerprint density at radius 2 is 1.89 bits per heavy atom. The number of anilines is 1. The number of amides is 1. The molecule has 3 heterocycles. The molecular formula is C28H25N3O4. The molecule has 176 valence electrons. The summed E-state index contributed by atoms with van der Waals surface area (Å²) in [5.41, 5.74) is 4.72. The highest BCUT2D eigenvalue weighted by molar-refractivity contribution is 5.95. The Balaban J connectivity index is 1.44. The number of hydrogen-bond donors (Lipinski definition) is 1. The molecule has 35 heavy (non-hydrogen) atoms. The molecule has 0 saturated heterocycles. The van der Waals surface area contributed by atoms with Crippen molar-refractivity contribution < 1.29 is 13.9 Å². The van der Waals surface area contributed by atoms with Crippen LogP contribution in [0.3, 0.4) is 0 Å². The first kappa shape index (κ1) is 22.4. The Kier molecular flexibility index (Phi) is 5.82. The Morgan fingerprint density at radius 3 is 2.66 bits per heavy atom. The van der Waals surface area contributed by atoms with Crippen molar-refractivity contribution in [1.29, 1.82) is 0 Å². The highest BCUT2D eigenvalue weighted by Crippen LogP contribution is 2.30. The fourth-order valence-corrected chi connectivity index (χ4v) is 4.34. The minimum atomic E-state index is -0.438. The van der Waals surface area contributed by atoms with Crippen LogP contribution in [-0.4, -0.2) is 22.4 Å². The Labute approximate surface area is 202 Å². The second kappa shape index (κ2) is 9.10. The zero-order valence-corrected chi connectivity index (χ0v) is 19.8. The average molecular weight is 468 g/mol. The van der Waals surface area contributed by atoms with Crippen molar-refractivity contribution in [1.82, 2.24) is 9.38 Å². The predicted octanol–water partition coefficient (Wildman–Crippen LogP) is 5.30. The maximum atomic E-state index is 13.1. The Bertz CT molecular complexity index is 1620. The van der Waals surface area contributed by atoms with E-state index in [-0.39, 0.29) is 18.7 Å². The number of fused-ring (bicyclic) bond motifs is 2. The van der Waals surface area contributed by atoms with Crippen molar-refractivity contribution in [2.75, 3.05) is 12.4 Å². The first-order valence-corrected chi connectivity index (χ1v) is 11.4. The van der Waals surface area contributed by atoms with E-state index in [0.717, 1.165) is 27.7 Å². The fourth-order valence-electron chi connectivity index (χ4n) is 4.34. The van der Waals surface area contributed by atoms with Crippen LogP contribution in [0.5, 0.6) is 5.75 Å². The van der Waals surface area contributed by atoms with Gasteiger partial charge in [0, 0.05) is 35.2 Å². The fraction of sp³-hybridized carbons (Fsp3) is 0.179. The lowest BCUT2D eigenvalue weighted by Gasteiger charge is -2.10. The Morgan fingerprint density at radius 1 is 1.09 bits per heavy atom. The largest absolute Gasteiger partial charge is 0.497 e. The van der Waals surface area contributed by atoms with Crippen LogP contribution in [0, 0.1) is 13.8 Å². The highest BCUT2D eigenvalue weighted by atomic mass is 16.5. The lowest BCUT2D eigenvalue weighted by atomic mass is 10.0. The van der Waals surface area contributed by atoms with Crippen molar-refractivity contribution in [3.63, 3.8) is 0 Å². The number of aromatic nitrogens is 2. The lowest BCUT2D eigenvalue weighted by molar-refractivity contribution is -0.116. The lowest BCUT2D eigenvalue weighted by Crippen LogP contribution is -2.17. The average Bonchev–Trinajstić information content (AvgIpc) is 3.23. The van der Waals surface area contributed by atoms with Crippen LogP contribution in [0.1, 0.15) is 23.1 Å². The molecule has 5 rings (SSSR count). The molecule has 7 heteroatoms. The van der Waals surface area contributed by atoms with Crippen LogP contribution in [0.25, 0.3) is 27.9 Å². The van der Waals surface area contributed by atoms with Gasteiger partial charge in [0.15, 0.2) is 0 Å². The third kappa shape index (κ3) is 4.17. The van der Waals surface area contributed by atoms with Gasteiger partial charge < -0.3 is 14.5 Å². The minimum absolute atomic E-state index is 0.126. The zero-order chi connectivity index (χ0) is 24.5. The van der Waals surface area contributed by atoms with Crippen LogP contribution >= 0.6 is 0 Å². The molecule has 0 atom stereocenters. The Hall–Kier alpha value is -4.39. The maximum Gasteiger partial charge on any atom is 0.339 e. The van der Waals surface area contributed by atoms with Gasteiger partial charge in [0.1, 0.15) is 28.5 Å². The van der Waals surface area contributed by atoms with Crippen LogP contribution in [-0.2, 0) is 11.2 Å². The van der Waals surface area contributed by atoms with E-state index >= 15 is 0 Å². The molecule has 0 fully saturated rings. The van der Waals surface area contributed by atoms with E-state index in [9.17, 15) is 9.59 Å². The van der Waals surface area contributed by atoms with Crippen LogP contribution in [0.4, 0.5) is 5.82 Å². The van der Waals surface area contributed by atoms with Crippen molar-refractivity contribution in [2.24, 2.45) is 0 Å². The molecule has 0 unspecified atom stereocenters. The highest BCUT2D eigenvalue weighted by Gasteiger charge is 2.19. The molecule has 1 amide bonds. The monoisotopic (exact) mass is 467 g/mol. The molecule has 2 aromatic carbocycles. The number of rotatable bonds is 6. The summed E-state index contributed by atoms with van der Waals surface area (Å²) < 4.78 is 12.6. The van der Waals surface area contributed by atoms with Crippen molar-refractivity contribution in [2.45, 2.75) is 26.7 Å².